The normalized spacial score (nSPS) is 12.4. The molecule has 0 aliphatic heterocycles. The van der Waals surface area contributed by atoms with Gasteiger partial charge < -0.3 is 10.6 Å². The molecule has 0 saturated heterocycles. The molecule has 1 amide bonds. The van der Waals surface area contributed by atoms with Gasteiger partial charge in [-0.05, 0) is 13.3 Å². The Bertz CT molecular complexity index is 338. The van der Waals surface area contributed by atoms with Crippen LogP contribution in [0.1, 0.15) is 36.7 Å². The summed E-state index contributed by atoms with van der Waals surface area (Å²) < 4.78 is 0. The second-order valence-corrected chi connectivity index (χ2v) is 4.82. The smallest absolute Gasteiger partial charge is 0.216 e. The third-order valence-corrected chi connectivity index (χ3v) is 3.56. The number of rotatable bonds is 6. The zero-order valence-corrected chi connectivity index (χ0v) is 10.9. The van der Waals surface area contributed by atoms with Crippen molar-refractivity contribution in [3.63, 3.8) is 0 Å². The molecule has 1 heterocycles. The van der Waals surface area contributed by atoms with Crippen LogP contribution < -0.4 is 10.6 Å². The Morgan fingerprint density at radius 2 is 2.31 bits per heavy atom. The van der Waals surface area contributed by atoms with E-state index in [2.05, 4.69) is 29.5 Å². The van der Waals surface area contributed by atoms with E-state index in [0.717, 1.165) is 18.0 Å². The van der Waals surface area contributed by atoms with Gasteiger partial charge in [-0.25, -0.2) is 4.98 Å². The van der Waals surface area contributed by atoms with Crippen molar-refractivity contribution >= 4 is 17.2 Å². The summed E-state index contributed by atoms with van der Waals surface area (Å²) in [6, 6.07) is 0.249. The molecule has 2 N–H and O–H groups in total. The maximum Gasteiger partial charge on any atom is 0.216 e. The fourth-order valence-electron chi connectivity index (χ4n) is 1.30. The van der Waals surface area contributed by atoms with Crippen molar-refractivity contribution < 1.29 is 4.79 Å². The maximum absolute atomic E-state index is 10.7. The van der Waals surface area contributed by atoms with Crippen molar-refractivity contribution in [1.82, 2.24) is 15.6 Å². The largest absolute Gasteiger partial charge is 0.355 e. The standard InChI is InChI=1S/C11H19N3OS/c1-4-10-7-14-11(16-10)8(2)12-5-6-13-9(3)15/h7-8,12H,4-6H2,1-3H3,(H,13,15). The van der Waals surface area contributed by atoms with Crippen LogP contribution in [0.2, 0.25) is 0 Å². The number of nitrogens with zero attached hydrogens (tertiary/aromatic N) is 1. The molecule has 1 atom stereocenters. The highest BCUT2D eigenvalue weighted by molar-refractivity contribution is 7.11. The fraction of sp³-hybridized carbons (Fsp3) is 0.636. The molecule has 0 aliphatic rings. The van der Waals surface area contributed by atoms with Crippen molar-refractivity contribution in [2.45, 2.75) is 33.2 Å². The molecule has 1 unspecified atom stereocenters. The molecule has 0 fully saturated rings. The number of hydrogen-bond acceptors (Lipinski definition) is 4. The Labute approximate surface area is 100 Å². The second-order valence-electron chi connectivity index (χ2n) is 3.68. The highest BCUT2D eigenvalue weighted by Gasteiger charge is 2.08. The molecule has 90 valence electrons. The van der Waals surface area contributed by atoms with Crippen LogP contribution in [0.4, 0.5) is 0 Å². The number of carbonyl (C=O) groups excluding carboxylic acids is 1. The van der Waals surface area contributed by atoms with E-state index in [1.807, 2.05) is 6.20 Å². The molecular weight excluding hydrogens is 222 g/mol. The van der Waals surface area contributed by atoms with Gasteiger partial charge in [-0.15, -0.1) is 11.3 Å². The lowest BCUT2D eigenvalue weighted by Gasteiger charge is -2.10. The van der Waals surface area contributed by atoms with Gasteiger partial charge in [0.15, 0.2) is 0 Å². The van der Waals surface area contributed by atoms with Gasteiger partial charge >= 0.3 is 0 Å². The van der Waals surface area contributed by atoms with E-state index in [1.54, 1.807) is 11.3 Å². The van der Waals surface area contributed by atoms with E-state index in [1.165, 1.54) is 11.8 Å². The highest BCUT2D eigenvalue weighted by atomic mass is 32.1. The number of aryl methyl sites for hydroxylation is 1. The predicted octanol–water partition coefficient (Wildman–Crippen LogP) is 1.49. The summed E-state index contributed by atoms with van der Waals surface area (Å²) in [4.78, 5) is 16.3. The van der Waals surface area contributed by atoms with Crippen LogP contribution in [0.5, 0.6) is 0 Å². The molecule has 0 spiro atoms. The summed E-state index contributed by atoms with van der Waals surface area (Å²) in [6.45, 7) is 7.17. The first-order chi connectivity index (χ1) is 7.63. The minimum absolute atomic E-state index is 0.0111. The van der Waals surface area contributed by atoms with Gasteiger partial charge in [0.05, 0.1) is 6.04 Å². The first-order valence-corrected chi connectivity index (χ1v) is 6.37. The number of thiazole rings is 1. The van der Waals surface area contributed by atoms with Gasteiger partial charge in [0.2, 0.25) is 5.91 Å². The Kier molecular flexibility index (Phi) is 5.42. The van der Waals surface area contributed by atoms with Gasteiger partial charge in [0, 0.05) is 31.1 Å². The number of amides is 1. The van der Waals surface area contributed by atoms with E-state index >= 15 is 0 Å². The Morgan fingerprint density at radius 1 is 1.56 bits per heavy atom. The Balaban J connectivity index is 2.29. The minimum Gasteiger partial charge on any atom is -0.355 e. The quantitative estimate of drug-likeness (QED) is 0.742. The zero-order valence-electron chi connectivity index (χ0n) is 10.0. The van der Waals surface area contributed by atoms with Crippen molar-refractivity contribution in [1.29, 1.82) is 0 Å². The molecule has 0 radical (unpaired) electrons. The molecule has 1 rings (SSSR count). The first kappa shape index (κ1) is 13.1. The topological polar surface area (TPSA) is 54.0 Å². The lowest BCUT2D eigenvalue weighted by molar-refractivity contribution is -0.118. The van der Waals surface area contributed by atoms with Gasteiger partial charge in [-0.1, -0.05) is 6.92 Å². The number of aromatic nitrogens is 1. The summed E-state index contributed by atoms with van der Waals surface area (Å²) in [5, 5.41) is 7.19. The van der Waals surface area contributed by atoms with Crippen LogP contribution in [0.25, 0.3) is 0 Å². The highest BCUT2D eigenvalue weighted by Crippen LogP contribution is 2.19. The molecule has 1 aromatic rings. The maximum atomic E-state index is 10.7. The van der Waals surface area contributed by atoms with E-state index < -0.39 is 0 Å². The summed E-state index contributed by atoms with van der Waals surface area (Å²) in [6.07, 6.45) is 2.97. The molecule has 4 nitrogen and oxygen atoms in total. The third kappa shape index (κ3) is 4.28. The van der Waals surface area contributed by atoms with Crippen LogP contribution in [-0.2, 0) is 11.2 Å². The first-order valence-electron chi connectivity index (χ1n) is 5.56. The van der Waals surface area contributed by atoms with E-state index in [9.17, 15) is 4.79 Å². The van der Waals surface area contributed by atoms with E-state index in [0.29, 0.717) is 6.54 Å². The average Bonchev–Trinajstić information content (AvgIpc) is 2.72. The van der Waals surface area contributed by atoms with Crippen LogP contribution >= 0.6 is 11.3 Å². The number of hydrogen-bond donors (Lipinski definition) is 2. The van der Waals surface area contributed by atoms with Gasteiger partial charge in [0.25, 0.3) is 0 Å². The van der Waals surface area contributed by atoms with Crippen LogP contribution in [0.15, 0.2) is 6.20 Å². The summed E-state index contributed by atoms with van der Waals surface area (Å²) in [5.74, 6) is 0.0111. The minimum atomic E-state index is 0.0111. The Morgan fingerprint density at radius 3 is 2.88 bits per heavy atom. The second kappa shape index (κ2) is 6.60. The van der Waals surface area contributed by atoms with Crippen molar-refractivity contribution in [3.05, 3.63) is 16.1 Å². The Hall–Kier alpha value is -0.940. The summed E-state index contributed by atoms with van der Waals surface area (Å²) in [7, 11) is 0. The van der Waals surface area contributed by atoms with Crippen LogP contribution in [0, 0.1) is 0 Å². The van der Waals surface area contributed by atoms with Crippen LogP contribution in [0.3, 0.4) is 0 Å². The SMILES string of the molecule is CCc1cnc(C(C)NCCNC(C)=O)s1. The molecule has 1 aromatic heterocycles. The van der Waals surface area contributed by atoms with Gasteiger partial charge in [-0.3, -0.25) is 4.79 Å². The van der Waals surface area contributed by atoms with Gasteiger partial charge in [0.1, 0.15) is 5.01 Å². The lowest BCUT2D eigenvalue weighted by Crippen LogP contribution is -2.31. The number of carbonyl (C=O) groups is 1. The van der Waals surface area contributed by atoms with Gasteiger partial charge in [-0.2, -0.15) is 0 Å². The monoisotopic (exact) mass is 241 g/mol. The third-order valence-electron chi connectivity index (χ3n) is 2.24. The molecular formula is C11H19N3OS. The van der Waals surface area contributed by atoms with Crippen LogP contribution in [-0.4, -0.2) is 24.0 Å². The van der Waals surface area contributed by atoms with E-state index in [4.69, 9.17) is 0 Å². The zero-order chi connectivity index (χ0) is 12.0. The molecule has 16 heavy (non-hydrogen) atoms. The molecule has 0 aliphatic carbocycles. The molecule has 0 bridgehead atoms. The summed E-state index contributed by atoms with van der Waals surface area (Å²) in [5.41, 5.74) is 0. The van der Waals surface area contributed by atoms with Crippen molar-refractivity contribution in [2.75, 3.05) is 13.1 Å². The van der Waals surface area contributed by atoms with E-state index in [-0.39, 0.29) is 11.9 Å². The van der Waals surface area contributed by atoms with Crippen molar-refractivity contribution in [3.8, 4) is 0 Å². The molecule has 0 aromatic carbocycles. The number of nitrogens with one attached hydrogen (secondary N) is 2. The summed E-state index contributed by atoms with van der Waals surface area (Å²) >= 11 is 1.74. The average molecular weight is 241 g/mol. The predicted molar refractivity (Wildman–Crippen MR) is 66.6 cm³/mol. The molecule has 5 heteroatoms. The lowest BCUT2D eigenvalue weighted by atomic mass is 10.3. The van der Waals surface area contributed by atoms with Crippen molar-refractivity contribution in [2.24, 2.45) is 0 Å². The fourth-order valence-corrected chi connectivity index (χ4v) is 2.18. The molecule has 0 saturated carbocycles.